The van der Waals surface area contributed by atoms with E-state index < -0.39 is 22.7 Å². The fourth-order valence-electron chi connectivity index (χ4n) is 6.05. The van der Waals surface area contributed by atoms with Gasteiger partial charge in [0.2, 0.25) is 11.6 Å². The molecule has 0 unspecified atom stereocenters. The Bertz CT molecular complexity index is 1550. The van der Waals surface area contributed by atoms with Gasteiger partial charge in [-0.3, -0.25) is 0 Å². The lowest BCUT2D eigenvalue weighted by Gasteiger charge is -2.37. The summed E-state index contributed by atoms with van der Waals surface area (Å²) < 4.78 is 34.3. The monoisotopic (exact) mass is 524 g/mol. The van der Waals surface area contributed by atoms with Gasteiger partial charge in [0.15, 0.2) is 0 Å². The predicted molar refractivity (Wildman–Crippen MR) is 129 cm³/mol. The largest absolute Gasteiger partial charge is 0.381 e. The highest BCUT2D eigenvalue weighted by molar-refractivity contribution is 6.31. The van der Waals surface area contributed by atoms with Crippen molar-refractivity contribution in [1.82, 2.24) is 30.3 Å². The van der Waals surface area contributed by atoms with Gasteiger partial charge in [-0.05, 0) is 61.8 Å². The highest BCUT2D eigenvalue weighted by Crippen LogP contribution is 2.70. The van der Waals surface area contributed by atoms with Gasteiger partial charge in [0.25, 0.3) is 5.89 Å². The quantitative estimate of drug-likeness (QED) is 0.380. The van der Waals surface area contributed by atoms with E-state index in [9.17, 15) is 13.9 Å². The molecule has 1 aromatic carbocycles. The third-order valence-electron chi connectivity index (χ3n) is 7.90. The van der Waals surface area contributed by atoms with E-state index in [0.717, 1.165) is 12.0 Å². The lowest BCUT2D eigenvalue weighted by atomic mass is 9.66. The first-order valence-corrected chi connectivity index (χ1v) is 12.3. The summed E-state index contributed by atoms with van der Waals surface area (Å²) in [5.74, 6) is -0.993. The van der Waals surface area contributed by atoms with Crippen LogP contribution in [0.5, 0.6) is 0 Å². The normalized spacial score (nSPS) is 21.9. The number of aromatic nitrogens is 6. The molecule has 2 aliphatic carbocycles. The summed E-state index contributed by atoms with van der Waals surface area (Å²) in [5, 5.41) is 23.3. The Morgan fingerprint density at radius 3 is 2.49 bits per heavy atom. The van der Waals surface area contributed by atoms with E-state index in [1.807, 2.05) is 0 Å². The van der Waals surface area contributed by atoms with Gasteiger partial charge in [-0.1, -0.05) is 36.7 Å². The molecule has 0 amide bonds. The molecular formula is C26H23ClF2N6O2. The molecule has 1 N–H and O–H groups in total. The number of benzene rings is 1. The lowest BCUT2D eigenvalue weighted by Crippen LogP contribution is -2.38. The Morgan fingerprint density at radius 2 is 1.81 bits per heavy atom. The molecule has 2 atom stereocenters. The summed E-state index contributed by atoms with van der Waals surface area (Å²) in [4.78, 5) is 13.4. The molecule has 3 aromatic heterocycles. The molecule has 0 aliphatic heterocycles. The zero-order valence-corrected chi connectivity index (χ0v) is 21.3. The number of halogens is 3. The highest BCUT2D eigenvalue weighted by atomic mass is 35.5. The van der Waals surface area contributed by atoms with Crippen molar-refractivity contribution in [3.8, 4) is 22.9 Å². The molecule has 1 fully saturated rings. The van der Waals surface area contributed by atoms with Gasteiger partial charge in [-0.25, -0.2) is 18.7 Å². The number of aliphatic hydroxyl groups is 1. The SMILES string of the molecule is CC(C)(O)c1nc(-c2ncc(Cl)c([C@]34CC[C@@H](c5cc(-c6c(F)cccc6F)nnc53)C4(C)C)n2)no1. The molecule has 190 valence electrons. The maximum atomic E-state index is 14.5. The third kappa shape index (κ3) is 3.28. The summed E-state index contributed by atoms with van der Waals surface area (Å²) in [6, 6.07) is 5.46. The first kappa shape index (κ1) is 24.0. The second kappa shape index (κ2) is 7.82. The topological polar surface area (TPSA) is 111 Å². The molecule has 4 aromatic rings. The van der Waals surface area contributed by atoms with Gasteiger partial charge in [0.1, 0.15) is 17.2 Å². The zero-order valence-electron chi connectivity index (χ0n) is 20.6. The van der Waals surface area contributed by atoms with Crippen molar-refractivity contribution in [3.05, 3.63) is 70.0 Å². The number of rotatable bonds is 4. The van der Waals surface area contributed by atoms with Gasteiger partial charge in [-0.2, -0.15) is 10.1 Å². The van der Waals surface area contributed by atoms with Gasteiger partial charge < -0.3 is 9.63 Å². The number of hydrogen-bond acceptors (Lipinski definition) is 8. The summed E-state index contributed by atoms with van der Waals surface area (Å²) in [5.41, 5.74) is -0.364. The van der Waals surface area contributed by atoms with Crippen LogP contribution in [0.3, 0.4) is 0 Å². The van der Waals surface area contributed by atoms with Crippen LogP contribution in [-0.4, -0.2) is 35.4 Å². The Kier molecular flexibility index (Phi) is 5.07. The van der Waals surface area contributed by atoms with Crippen molar-refractivity contribution in [2.45, 2.75) is 57.5 Å². The first-order valence-electron chi connectivity index (χ1n) is 11.9. The van der Waals surface area contributed by atoms with Gasteiger partial charge >= 0.3 is 0 Å². The fourth-order valence-corrected chi connectivity index (χ4v) is 6.30. The van der Waals surface area contributed by atoms with Crippen LogP contribution in [0.1, 0.15) is 69.3 Å². The van der Waals surface area contributed by atoms with Crippen molar-refractivity contribution in [2.24, 2.45) is 5.41 Å². The standard InChI is InChI=1S/C26H23ClF2N6O2/c1-24(2)13-8-9-26(24,19-12(13)10-17(33-34-19)18-15(28)6-5-7-16(18)29)20-14(27)11-30-21(31-20)22-32-23(37-35-22)25(3,4)36/h5-7,10-11,13,36H,8-9H2,1-4H3/t13-,26-/m0/s1. The minimum absolute atomic E-state index is 0.0343. The third-order valence-corrected chi connectivity index (χ3v) is 8.18. The van der Waals surface area contributed by atoms with Gasteiger partial charge in [0, 0.05) is 0 Å². The average Bonchev–Trinajstić information content (AvgIpc) is 3.48. The van der Waals surface area contributed by atoms with Crippen LogP contribution in [0.2, 0.25) is 5.02 Å². The maximum Gasteiger partial charge on any atom is 0.258 e. The molecule has 0 spiro atoms. The molecular weight excluding hydrogens is 502 g/mol. The molecule has 11 heteroatoms. The Morgan fingerprint density at radius 1 is 1.08 bits per heavy atom. The Labute approximate surface area is 216 Å². The Hall–Kier alpha value is -3.37. The molecule has 2 bridgehead atoms. The zero-order chi connectivity index (χ0) is 26.3. The van der Waals surface area contributed by atoms with E-state index in [-0.39, 0.29) is 40.1 Å². The first-order chi connectivity index (χ1) is 17.4. The van der Waals surface area contributed by atoms with E-state index in [1.165, 1.54) is 38.2 Å². The summed E-state index contributed by atoms with van der Waals surface area (Å²) in [6.07, 6.45) is 3.01. The van der Waals surface area contributed by atoms with E-state index in [1.54, 1.807) is 6.07 Å². The second-order valence-electron chi connectivity index (χ2n) is 10.7. The molecule has 0 saturated heterocycles. The fraction of sp³-hybridized carbons (Fsp3) is 0.385. The molecule has 0 radical (unpaired) electrons. The number of hydrogen-bond donors (Lipinski definition) is 1. The van der Waals surface area contributed by atoms with Crippen molar-refractivity contribution in [1.29, 1.82) is 0 Å². The Balaban J connectivity index is 1.51. The molecule has 3 heterocycles. The maximum absolute atomic E-state index is 14.5. The van der Waals surface area contributed by atoms with E-state index in [4.69, 9.17) is 21.1 Å². The van der Waals surface area contributed by atoms with Crippen molar-refractivity contribution < 1.29 is 18.4 Å². The predicted octanol–water partition coefficient (Wildman–Crippen LogP) is 5.35. The van der Waals surface area contributed by atoms with Gasteiger partial charge in [0.05, 0.1) is 39.3 Å². The lowest BCUT2D eigenvalue weighted by molar-refractivity contribution is 0.0420. The van der Waals surface area contributed by atoms with Crippen molar-refractivity contribution in [2.75, 3.05) is 0 Å². The van der Waals surface area contributed by atoms with Crippen molar-refractivity contribution >= 4 is 11.6 Å². The minimum Gasteiger partial charge on any atom is -0.381 e. The molecule has 37 heavy (non-hydrogen) atoms. The van der Waals surface area contributed by atoms with E-state index >= 15 is 0 Å². The smallest absolute Gasteiger partial charge is 0.258 e. The van der Waals surface area contributed by atoms with Crippen molar-refractivity contribution in [3.63, 3.8) is 0 Å². The van der Waals surface area contributed by atoms with Crippen LogP contribution in [0.4, 0.5) is 8.78 Å². The van der Waals surface area contributed by atoms with Crippen LogP contribution in [0.15, 0.2) is 35.0 Å². The molecule has 1 saturated carbocycles. The van der Waals surface area contributed by atoms with Crippen LogP contribution in [-0.2, 0) is 11.0 Å². The van der Waals surface area contributed by atoms with Crippen LogP contribution in [0, 0.1) is 17.0 Å². The van der Waals surface area contributed by atoms with Crippen LogP contribution >= 0.6 is 11.6 Å². The van der Waals surface area contributed by atoms with Crippen LogP contribution in [0.25, 0.3) is 22.9 Å². The average molecular weight is 525 g/mol. The molecule has 6 rings (SSSR count). The minimum atomic E-state index is -1.32. The number of fused-ring (bicyclic) bond motifs is 5. The van der Waals surface area contributed by atoms with Gasteiger partial charge in [-0.15, -0.1) is 5.10 Å². The summed E-state index contributed by atoms with van der Waals surface area (Å²) in [7, 11) is 0. The molecule has 2 aliphatic rings. The summed E-state index contributed by atoms with van der Waals surface area (Å²) in [6.45, 7) is 7.31. The molecule has 8 nitrogen and oxygen atoms in total. The van der Waals surface area contributed by atoms with E-state index in [2.05, 4.69) is 39.2 Å². The second-order valence-corrected chi connectivity index (χ2v) is 11.1. The van der Waals surface area contributed by atoms with Crippen LogP contribution < -0.4 is 0 Å². The number of nitrogens with zero attached hydrogens (tertiary/aromatic N) is 6. The van der Waals surface area contributed by atoms with E-state index in [0.29, 0.717) is 22.8 Å². The summed E-state index contributed by atoms with van der Waals surface area (Å²) >= 11 is 6.71. The highest BCUT2D eigenvalue weighted by Gasteiger charge is 2.65.